The molecule has 1 N–H and O–H groups in total. The monoisotopic (exact) mass is 284 g/mol. The Bertz CT molecular complexity index is 181. The van der Waals surface area contributed by atoms with Gasteiger partial charge in [0.2, 0.25) is 0 Å². The normalized spacial score (nSPS) is 12.0. The molecule has 0 atom stereocenters. The highest BCUT2D eigenvalue weighted by molar-refractivity contribution is 4.61. The number of aliphatic hydroxyl groups excluding tert-OH is 1. The minimum Gasteiger partial charge on any atom is -0.396 e. The first-order valence-corrected chi connectivity index (χ1v) is 9.17. The lowest BCUT2D eigenvalue weighted by molar-refractivity contribution is 0.282. The third-order valence-electron chi connectivity index (χ3n) is 4.08. The van der Waals surface area contributed by atoms with Crippen molar-refractivity contribution in [3.8, 4) is 0 Å². The van der Waals surface area contributed by atoms with E-state index in [1.807, 2.05) is 0 Å². The second-order valence-electron chi connectivity index (χ2n) is 7.63. The second kappa shape index (κ2) is 13.9. The van der Waals surface area contributed by atoms with Crippen molar-refractivity contribution in [2.45, 2.75) is 111 Å². The maximum Gasteiger partial charge on any atom is 0.0431 e. The number of hydrogen-bond acceptors (Lipinski definition) is 1. The predicted octanol–water partition coefficient (Wildman–Crippen LogP) is 6.49. The maximum atomic E-state index is 8.68. The molecule has 0 amide bonds. The first kappa shape index (κ1) is 20.0. The highest BCUT2D eigenvalue weighted by Gasteiger charge is 2.08. The van der Waals surface area contributed by atoms with Gasteiger partial charge < -0.3 is 5.11 Å². The average Bonchev–Trinajstić information content (AvgIpc) is 2.38. The molecule has 0 aromatic carbocycles. The fraction of sp³-hybridized carbons (Fsp3) is 1.00. The van der Waals surface area contributed by atoms with Gasteiger partial charge in [-0.05, 0) is 18.3 Å². The van der Waals surface area contributed by atoms with Crippen LogP contribution in [0.5, 0.6) is 0 Å². The van der Waals surface area contributed by atoms with Crippen LogP contribution in [0.25, 0.3) is 0 Å². The lowest BCUT2D eigenvalue weighted by Crippen LogP contribution is -2.03. The standard InChI is InChI=1S/C19H40O/c1-19(2,3)17-15-13-11-9-7-5-4-6-8-10-12-14-16-18-20/h20H,4-18H2,1-3H3. The van der Waals surface area contributed by atoms with Gasteiger partial charge in [-0.1, -0.05) is 97.8 Å². The van der Waals surface area contributed by atoms with Crippen LogP contribution in [0.3, 0.4) is 0 Å². The molecule has 0 aliphatic heterocycles. The van der Waals surface area contributed by atoms with Crippen LogP contribution in [0, 0.1) is 5.41 Å². The van der Waals surface area contributed by atoms with E-state index in [0.717, 1.165) is 6.42 Å². The van der Waals surface area contributed by atoms with Crippen LogP contribution < -0.4 is 0 Å². The Hall–Kier alpha value is -0.0400. The van der Waals surface area contributed by atoms with Crippen molar-refractivity contribution < 1.29 is 5.11 Å². The molecule has 0 aliphatic rings. The topological polar surface area (TPSA) is 20.2 Å². The van der Waals surface area contributed by atoms with Crippen LogP contribution in [0.1, 0.15) is 111 Å². The fourth-order valence-corrected chi connectivity index (χ4v) is 2.71. The summed E-state index contributed by atoms with van der Waals surface area (Å²) < 4.78 is 0. The van der Waals surface area contributed by atoms with E-state index < -0.39 is 0 Å². The molecule has 1 heteroatoms. The minimum atomic E-state index is 0.371. The molecule has 0 rings (SSSR count). The Kier molecular flexibility index (Phi) is 13.9. The predicted molar refractivity (Wildman–Crippen MR) is 91.2 cm³/mol. The number of hydrogen-bond donors (Lipinski definition) is 1. The summed E-state index contributed by atoms with van der Waals surface area (Å²) in [6.45, 7) is 7.40. The number of rotatable bonds is 14. The van der Waals surface area contributed by atoms with Crippen molar-refractivity contribution in [3.63, 3.8) is 0 Å². The van der Waals surface area contributed by atoms with Gasteiger partial charge in [-0.3, -0.25) is 0 Å². The average molecular weight is 285 g/mol. The van der Waals surface area contributed by atoms with Crippen LogP contribution >= 0.6 is 0 Å². The number of aliphatic hydroxyl groups is 1. The van der Waals surface area contributed by atoms with Crippen LogP contribution in [-0.2, 0) is 0 Å². The highest BCUT2D eigenvalue weighted by atomic mass is 16.2. The van der Waals surface area contributed by atoms with Crippen LogP contribution in [0.15, 0.2) is 0 Å². The Labute approximate surface area is 128 Å². The third-order valence-corrected chi connectivity index (χ3v) is 4.08. The van der Waals surface area contributed by atoms with Crippen LogP contribution in [-0.4, -0.2) is 11.7 Å². The molecule has 0 spiro atoms. The van der Waals surface area contributed by atoms with E-state index in [1.54, 1.807) is 0 Å². The van der Waals surface area contributed by atoms with Crippen molar-refractivity contribution in [1.82, 2.24) is 0 Å². The molecule has 0 fully saturated rings. The minimum absolute atomic E-state index is 0.371. The lowest BCUT2D eigenvalue weighted by atomic mass is 9.89. The fourth-order valence-electron chi connectivity index (χ4n) is 2.71. The van der Waals surface area contributed by atoms with Gasteiger partial charge in [-0.15, -0.1) is 0 Å². The molecule has 122 valence electrons. The molecule has 0 saturated heterocycles. The van der Waals surface area contributed by atoms with E-state index >= 15 is 0 Å². The van der Waals surface area contributed by atoms with Crippen molar-refractivity contribution in [2.24, 2.45) is 5.41 Å². The maximum absolute atomic E-state index is 8.68. The zero-order valence-electron chi connectivity index (χ0n) is 14.6. The summed E-state index contributed by atoms with van der Waals surface area (Å²) in [5.74, 6) is 0. The van der Waals surface area contributed by atoms with E-state index in [1.165, 1.54) is 83.5 Å². The first-order valence-electron chi connectivity index (χ1n) is 9.17. The van der Waals surface area contributed by atoms with Crippen LogP contribution in [0.4, 0.5) is 0 Å². The third kappa shape index (κ3) is 18.0. The summed E-state index contributed by atoms with van der Waals surface area (Å²) in [6, 6.07) is 0. The van der Waals surface area contributed by atoms with Crippen LogP contribution in [0.2, 0.25) is 0 Å². The Morgan fingerprint density at radius 3 is 1.10 bits per heavy atom. The Balaban J connectivity index is 2.99. The van der Waals surface area contributed by atoms with Crippen molar-refractivity contribution in [1.29, 1.82) is 0 Å². The molecule has 0 bridgehead atoms. The molecule has 0 aromatic heterocycles. The van der Waals surface area contributed by atoms with E-state index in [4.69, 9.17) is 5.11 Å². The van der Waals surface area contributed by atoms with E-state index in [-0.39, 0.29) is 0 Å². The molecule has 0 unspecified atom stereocenters. The lowest BCUT2D eigenvalue weighted by Gasteiger charge is -2.17. The SMILES string of the molecule is CC(C)(C)CCCCCCCCCCCCCCCO. The molecule has 20 heavy (non-hydrogen) atoms. The van der Waals surface area contributed by atoms with Gasteiger partial charge in [0.15, 0.2) is 0 Å². The van der Waals surface area contributed by atoms with Gasteiger partial charge in [0.05, 0.1) is 0 Å². The van der Waals surface area contributed by atoms with Gasteiger partial charge in [-0.25, -0.2) is 0 Å². The summed E-state index contributed by atoms with van der Waals surface area (Å²) in [6.07, 6.45) is 19.1. The van der Waals surface area contributed by atoms with Crippen molar-refractivity contribution in [3.05, 3.63) is 0 Å². The molecule has 1 nitrogen and oxygen atoms in total. The van der Waals surface area contributed by atoms with E-state index in [9.17, 15) is 0 Å². The molecule has 0 radical (unpaired) electrons. The van der Waals surface area contributed by atoms with Gasteiger partial charge in [0.25, 0.3) is 0 Å². The van der Waals surface area contributed by atoms with Gasteiger partial charge >= 0.3 is 0 Å². The zero-order valence-corrected chi connectivity index (χ0v) is 14.6. The summed E-state index contributed by atoms with van der Waals surface area (Å²) >= 11 is 0. The summed E-state index contributed by atoms with van der Waals surface area (Å²) in [7, 11) is 0. The second-order valence-corrected chi connectivity index (χ2v) is 7.63. The molecule has 0 aromatic rings. The van der Waals surface area contributed by atoms with Crippen molar-refractivity contribution in [2.75, 3.05) is 6.61 Å². The summed E-state index contributed by atoms with van der Waals surface area (Å²) in [4.78, 5) is 0. The summed E-state index contributed by atoms with van der Waals surface area (Å²) in [5.41, 5.74) is 0.525. The Morgan fingerprint density at radius 1 is 0.500 bits per heavy atom. The van der Waals surface area contributed by atoms with E-state index in [2.05, 4.69) is 20.8 Å². The molecule has 0 aliphatic carbocycles. The number of unbranched alkanes of at least 4 members (excludes halogenated alkanes) is 12. The largest absolute Gasteiger partial charge is 0.396 e. The zero-order chi connectivity index (χ0) is 15.1. The van der Waals surface area contributed by atoms with Gasteiger partial charge in [-0.2, -0.15) is 0 Å². The molecule has 0 heterocycles. The summed E-state index contributed by atoms with van der Waals surface area (Å²) in [5, 5.41) is 8.68. The highest BCUT2D eigenvalue weighted by Crippen LogP contribution is 2.22. The molecule has 0 saturated carbocycles. The Morgan fingerprint density at radius 2 is 0.800 bits per heavy atom. The molecular weight excluding hydrogens is 244 g/mol. The smallest absolute Gasteiger partial charge is 0.0431 e. The molecular formula is C19H40O. The quantitative estimate of drug-likeness (QED) is 0.362. The first-order chi connectivity index (χ1) is 9.56. The van der Waals surface area contributed by atoms with E-state index in [0.29, 0.717) is 12.0 Å². The van der Waals surface area contributed by atoms with Gasteiger partial charge in [0.1, 0.15) is 0 Å². The van der Waals surface area contributed by atoms with Crippen molar-refractivity contribution >= 4 is 0 Å². The van der Waals surface area contributed by atoms with Gasteiger partial charge in [0, 0.05) is 6.61 Å².